The zero-order chi connectivity index (χ0) is 13.1. The minimum absolute atomic E-state index is 0.305. The van der Waals surface area contributed by atoms with Gasteiger partial charge in [-0.1, -0.05) is 24.8 Å². The highest BCUT2D eigenvalue weighted by atomic mass is 32.2. The fourth-order valence-corrected chi connectivity index (χ4v) is 2.83. The molecule has 1 saturated heterocycles. The second-order valence-electron chi connectivity index (χ2n) is 3.73. The van der Waals surface area contributed by atoms with Crippen molar-refractivity contribution in [3.63, 3.8) is 0 Å². The molecule has 1 fully saturated rings. The molecular formula is C12H12N2O3S. The van der Waals surface area contributed by atoms with E-state index in [0.717, 1.165) is 0 Å². The van der Waals surface area contributed by atoms with Crippen LogP contribution >= 0.6 is 0 Å². The van der Waals surface area contributed by atoms with Crippen molar-refractivity contribution < 1.29 is 14.1 Å². The lowest BCUT2D eigenvalue weighted by Gasteiger charge is -2.15. The van der Waals surface area contributed by atoms with E-state index in [4.69, 9.17) is 0 Å². The van der Waals surface area contributed by atoms with Gasteiger partial charge in [0, 0.05) is 5.56 Å². The van der Waals surface area contributed by atoms with Gasteiger partial charge in [0.1, 0.15) is 11.8 Å². The molecule has 0 aliphatic carbocycles. The van der Waals surface area contributed by atoms with Crippen molar-refractivity contribution in [3.8, 4) is 0 Å². The average molecular weight is 264 g/mol. The minimum Gasteiger partial charge on any atom is -0.611 e. The number of carbonyl (C=O) groups excluding carboxylic acids is 2. The standard InChI is InChI=1S/C12H12N2O3S/c1-2-7-18(17)9-6-4-3-5-8(9)10-11(15)14-12(16)13-10/h2-6,10H,1,7H2,(H2,13,14,15,16). The van der Waals surface area contributed by atoms with Gasteiger partial charge in [-0.3, -0.25) is 10.1 Å². The molecule has 3 amide bonds. The van der Waals surface area contributed by atoms with Crippen LogP contribution in [0.3, 0.4) is 0 Å². The Morgan fingerprint density at radius 3 is 2.72 bits per heavy atom. The van der Waals surface area contributed by atoms with Crippen LogP contribution in [0.5, 0.6) is 0 Å². The molecule has 1 heterocycles. The first kappa shape index (κ1) is 12.7. The highest BCUT2D eigenvalue weighted by Gasteiger charge is 2.34. The molecule has 1 aromatic carbocycles. The molecule has 5 nitrogen and oxygen atoms in total. The number of nitrogens with one attached hydrogen (secondary N) is 2. The molecule has 2 unspecified atom stereocenters. The third kappa shape index (κ3) is 2.39. The van der Waals surface area contributed by atoms with Gasteiger partial charge in [0.2, 0.25) is 0 Å². The predicted molar refractivity (Wildman–Crippen MR) is 67.3 cm³/mol. The largest absolute Gasteiger partial charge is 0.611 e. The average Bonchev–Trinajstić information content (AvgIpc) is 2.69. The second kappa shape index (κ2) is 5.24. The van der Waals surface area contributed by atoms with Gasteiger partial charge in [0.15, 0.2) is 4.90 Å². The summed E-state index contributed by atoms with van der Waals surface area (Å²) in [6.07, 6.45) is 1.56. The summed E-state index contributed by atoms with van der Waals surface area (Å²) in [6.45, 7) is 3.54. The first-order valence-corrected chi connectivity index (χ1v) is 6.65. The van der Waals surface area contributed by atoms with Gasteiger partial charge < -0.3 is 9.87 Å². The molecule has 2 rings (SSSR count). The van der Waals surface area contributed by atoms with Gasteiger partial charge in [-0.05, 0) is 23.3 Å². The fraction of sp³-hybridized carbons (Fsp3) is 0.167. The van der Waals surface area contributed by atoms with Crippen molar-refractivity contribution >= 4 is 23.1 Å². The summed E-state index contributed by atoms with van der Waals surface area (Å²) in [5.74, 6) is -0.123. The molecule has 1 aliphatic rings. The number of hydrogen-bond acceptors (Lipinski definition) is 3. The van der Waals surface area contributed by atoms with Crippen LogP contribution in [-0.2, 0) is 16.0 Å². The van der Waals surface area contributed by atoms with E-state index in [9.17, 15) is 14.1 Å². The molecule has 0 saturated carbocycles. The topological polar surface area (TPSA) is 81.3 Å². The van der Waals surface area contributed by atoms with Gasteiger partial charge in [0.25, 0.3) is 5.91 Å². The molecule has 1 aliphatic heterocycles. The van der Waals surface area contributed by atoms with E-state index in [1.54, 1.807) is 30.3 Å². The van der Waals surface area contributed by atoms with E-state index in [-0.39, 0.29) is 0 Å². The summed E-state index contributed by atoms with van der Waals surface area (Å²) in [5.41, 5.74) is 0.557. The smallest absolute Gasteiger partial charge is 0.322 e. The van der Waals surface area contributed by atoms with Crippen molar-refractivity contribution in [2.24, 2.45) is 0 Å². The maximum absolute atomic E-state index is 12.0. The fourth-order valence-electron chi connectivity index (χ4n) is 1.76. The Balaban J connectivity index is 2.35. The molecule has 0 bridgehead atoms. The van der Waals surface area contributed by atoms with Crippen LogP contribution in [0.15, 0.2) is 41.8 Å². The first-order chi connectivity index (χ1) is 8.63. The SMILES string of the molecule is C=CC[S+]([O-])c1ccccc1C1NC(=O)NC1=O. The maximum atomic E-state index is 12.0. The third-order valence-corrected chi connectivity index (χ3v) is 3.92. The number of carbonyl (C=O) groups is 2. The van der Waals surface area contributed by atoms with E-state index in [2.05, 4.69) is 17.2 Å². The van der Waals surface area contributed by atoms with E-state index in [0.29, 0.717) is 16.2 Å². The number of hydrogen-bond donors (Lipinski definition) is 2. The van der Waals surface area contributed by atoms with Crippen LogP contribution in [0.25, 0.3) is 0 Å². The number of imide groups is 1. The molecule has 2 N–H and O–H groups in total. The van der Waals surface area contributed by atoms with Crippen molar-refractivity contribution in [2.75, 3.05) is 5.75 Å². The molecule has 0 aromatic heterocycles. The predicted octanol–water partition coefficient (Wildman–Crippen LogP) is 0.861. The molecule has 0 radical (unpaired) electrons. The Labute approximate surface area is 107 Å². The molecule has 1 aromatic rings. The summed E-state index contributed by atoms with van der Waals surface area (Å²) in [5, 5.41) is 4.65. The third-order valence-electron chi connectivity index (χ3n) is 2.52. The van der Waals surface area contributed by atoms with Gasteiger partial charge >= 0.3 is 6.03 Å². The number of rotatable bonds is 4. The molecule has 6 heteroatoms. The zero-order valence-electron chi connectivity index (χ0n) is 9.51. The van der Waals surface area contributed by atoms with E-state index >= 15 is 0 Å². The monoisotopic (exact) mass is 264 g/mol. The summed E-state index contributed by atoms with van der Waals surface area (Å²) < 4.78 is 12.0. The maximum Gasteiger partial charge on any atom is 0.322 e. The van der Waals surface area contributed by atoms with Crippen molar-refractivity contribution in [3.05, 3.63) is 42.5 Å². The zero-order valence-corrected chi connectivity index (χ0v) is 10.3. The molecule has 18 heavy (non-hydrogen) atoms. The van der Waals surface area contributed by atoms with Gasteiger partial charge in [-0.15, -0.1) is 0 Å². The normalized spacial score (nSPS) is 20.2. The second-order valence-corrected chi connectivity index (χ2v) is 5.20. The Bertz CT molecular complexity index is 504. The Kier molecular flexibility index (Phi) is 3.69. The van der Waals surface area contributed by atoms with E-state index in [1.165, 1.54) is 0 Å². The van der Waals surface area contributed by atoms with Crippen molar-refractivity contribution in [1.29, 1.82) is 0 Å². The summed E-state index contributed by atoms with van der Waals surface area (Å²) in [7, 11) is 0. The number of benzene rings is 1. The minimum atomic E-state index is -1.27. The van der Waals surface area contributed by atoms with E-state index < -0.39 is 29.2 Å². The lowest BCUT2D eigenvalue weighted by Crippen LogP contribution is -2.22. The summed E-state index contributed by atoms with van der Waals surface area (Å²) in [4.78, 5) is 23.3. The Morgan fingerprint density at radius 2 is 2.11 bits per heavy atom. The molecule has 2 atom stereocenters. The lowest BCUT2D eigenvalue weighted by molar-refractivity contribution is -0.120. The highest BCUT2D eigenvalue weighted by molar-refractivity contribution is 7.91. The Morgan fingerprint density at radius 1 is 1.39 bits per heavy atom. The summed E-state index contributed by atoms with van der Waals surface area (Å²) >= 11 is -1.27. The van der Waals surface area contributed by atoms with Crippen molar-refractivity contribution in [1.82, 2.24) is 10.6 Å². The molecular weight excluding hydrogens is 252 g/mol. The first-order valence-electron chi connectivity index (χ1n) is 5.33. The van der Waals surface area contributed by atoms with Crippen molar-refractivity contribution in [2.45, 2.75) is 10.9 Å². The lowest BCUT2D eigenvalue weighted by atomic mass is 10.1. The number of urea groups is 1. The van der Waals surface area contributed by atoms with Crippen LogP contribution in [0.1, 0.15) is 11.6 Å². The van der Waals surface area contributed by atoms with Crippen LogP contribution < -0.4 is 10.6 Å². The van der Waals surface area contributed by atoms with Crippen LogP contribution in [0, 0.1) is 0 Å². The van der Waals surface area contributed by atoms with Crippen LogP contribution in [0.2, 0.25) is 0 Å². The van der Waals surface area contributed by atoms with Crippen LogP contribution in [-0.4, -0.2) is 22.2 Å². The molecule has 0 spiro atoms. The van der Waals surface area contributed by atoms with Gasteiger partial charge in [-0.25, -0.2) is 4.79 Å². The Hall–Kier alpha value is -1.79. The molecule has 94 valence electrons. The number of amides is 3. The van der Waals surface area contributed by atoms with Gasteiger partial charge in [-0.2, -0.15) is 0 Å². The quantitative estimate of drug-likeness (QED) is 0.481. The van der Waals surface area contributed by atoms with Gasteiger partial charge in [0.05, 0.1) is 0 Å². The highest BCUT2D eigenvalue weighted by Crippen LogP contribution is 2.25. The van der Waals surface area contributed by atoms with E-state index in [1.807, 2.05) is 0 Å². The summed E-state index contributed by atoms with van der Waals surface area (Å²) in [6, 6.07) is 5.55. The van der Waals surface area contributed by atoms with Crippen LogP contribution in [0.4, 0.5) is 4.79 Å².